The van der Waals surface area contributed by atoms with Gasteiger partial charge in [-0.2, -0.15) is 0 Å². The van der Waals surface area contributed by atoms with Gasteiger partial charge in [-0.05, 0) is 37.0 Å². The van der Waals surface area contributed by atoms with Gasteiger partial charge in [-0.25, -0.2) is 0 Å². The number of hydrogen-bond acceptors (Lipinski definition) is 2. The summed E-state index contributed by atoms with van der Waals surface area (Å²) < 4.78 is 5.13. The number of hydrogen-bond donors (Lipinski definition) is 1. The van der Waals surface area contributed by atoms with Crippen molar-refractivity contribution in [2.45, 2.75) is 31.9 Å². The van der Waals surface area contributed by atoms with Crippen LogP contribution in [0.1, 0.15) is 24.8 Å². The van der Waals surface area contributed by atoms with Gasteiger partial charge in [0, 0.05) is 18.8 Å². The summed E-state index contributed by atoms with van der Waals surface area (Å²) in [4.78, 5) is 0. The number of allylic oxidation sites excluding steroid dienone is 1. The summed E-state index contributed by atoms with van der Waals surface area (Å²) in [6, 6.07) is 8.92. The first kappa shape index (κ1) is 11.2. The average Bonchev–Trinajstić information content (AvgIpc) is 2.31. The zero-order valence-electron chi connectivity index (χ0n) is 9.78. The Labute approximate surface area is 97.3 Å². The van der Waals surface area contributed by atoms with Gasteiger partial charge in [0.05, 0.1) is 6.61 Å². The van der Waals surface area contributed by atoms with E-state index in [2.05, 4.69) is 41.7 Å². The maximum absolute atomic E-state index is 5.13. The van der Waals surface area contributed by atoms with Crippen molar-refractivity contribution in [2.24, 2.45) is 0 Å². The normalized spacial score (nSPS) is 19.7. The fourth-order valence-electron chi connectivity index (χ4n) is 2.06. The number of nitrogens with one attached hydrogen (secondary N) is 1. The van der Waals surface area contributed by atoms with Gasteiger partial charge in [-0.15, -0.1) is 0 Å². The third-order valence-electron chi connectivity index (χ3n) is 2.84. The molecule has 0 aromatic heterocycles. The van der Waals surface area contributed by atoms with Crippen molar-refractivity contribution in [1.29, 1.82) is 0 Å². The molecule has 1 aromatic carbocycles. The molecule has 1 aromatic rings. The van der Waals surface area contributed by atoms with Crippen molar-refractivity contribution in [2.75, 3.05) is 12.4 Å². The SMILES string of the molecule is COCc1cccc(NC2C=CCCC2)c1. The molecular formula is C14H19NO. The second-order valence-corrected chi connectivity index (χ2v) is 4.24. The van der Waals surface area contributed by atoms with Crippen molar-refractivity contribution in [1.82, 2.24) is 0 Å². The van der Waals surface area contributed by atoms with Gasteiger partial charge in [0.15, 0.2) is 0 Å². The van der Waals surface area contributed by atoms with Crippen molar-refractivity contribution in [3.63, 3.8) is 0 Å². The third kappa shape index (κ3) is 3.11. The summed E-state index contributed by atoms with van der Waals surface area (Å²) >= 11 is 0. The molecule has 0 radical (unpaired) electrons. The van der Waals surface area contributed by atoms with E-state index in [1.54, 1.807) is 7.11 Å². The molecule has 1 aliphatic carbocycles. The lowest BCUT2D eigenvalue weighted by atomic mass is 10.0. The molecule has 0 heterocycles. The third-order valence-corrected chi connectivity index (χ3v) is 2.84. The van der Waals surface area contributed by atoms with E-state index in [0.717, 1.165) is 0 Å². The summed E-state index contributed by atoms with van der Waals surface area (Å²) in [5, 5.41) is 3.54. The fourth-order valence-corrected chi connectivity index (χ4v) is 2.06. The molecule has 86 valence electrons. The van der Waals surface area contributed by atoms with Gasteiger partial charge >= 0.3 is 0 Å². The van der Waals surface area contributed by atoms with Crippen LogP contribution in [0.4, 0.5) is 5.69 Å². The highest BCUT2D eigenvalue weighted by atomic mass is 16.5. The minimum Gasteiger partial charge on any atom is -0.380 e. The first-order valence-electron chi connectivity index (χ1n) is 5.89. The van der Waals surface area contributed by atoms with E-state index in [4.69, 9.17) is 4.74 Å². The summed E-state index contributed by atoms with van der Waals surface area (Å²) in [5.41, 5.74) is 2.40. The van der Waals surface area contributed by atoms with E-state index >= 15 is 0 Å². The molecule has 1 N–H and O–H groups in total. The van der Waals surface area contributed by atoms with Gasteiger partial charge < -0.3 is 10.1 Å². The topological polar surface area (TPSA) is 21.3 Å². The quantitative estimate of drug-likeness (QED) is 0.781. The Morgan fingerprint density at radius 3 is 3.12 bits per heavy atom. The highest BCUT2D eigenvalue weighted by Crippen LogP contribution is 2.17. The Hall–Kier alpha value is -1.28. The molecule has 0 bridgehead atoms. The van der Waals surface area contributed by atoms with Crippen molar-refractivity contribution in [3.05, 3.63) is 42.0 Å². The highest BCUT2D eigenvalue weighted by molar-refractivity contribution is 5.47. The minimum absolute atomic E-state index is 0.492. The van der Waals surface area contributed by atoms with Crippen LogP contribution in [-0.2, 0) is 11.3 Å². The molecule has 16 heavy (non-hydrogen) atoms. The van der Waals surface area contributed by atoms with E-state index in [1.165, 1.54) is 30.5 Å². The van der Waals surface area contributed by atoms with E-state index in [1.807, 2.05) is 0 Å². The molecule has 0 amide bonds. The Balaban J connectivity index is 2.00. The Morgan fingerprint density at radius 1 is 1.44 bits per heavy atom. The molecule has 2 heteroatoms. The molecular weight excluding hydrogens is 198 g/mol. The largest absolute Gasteiger partial charge is 0.380 e. The van der Waals surface area contributed by atoms with Crippen molar-refractivity contribution >= 4 is 5.69 Å². The molecule has 0 saturated carbocycles. The van der Waals surface area contributed by atoms with Crippen LogP contribution in [0.3, 0.4) is 0 Å². The monoisotopic (exact) mass is 217 g/mol. The van der Waals surface area contributed by atoms with Crippen LogP contribution in [0, 0.1) is 0 Å². The molecule has 1 unspecified atom stereocenters. The van der Waals surface area contributed by atoms with Crippen LogP contribution in [-0.4, -0.2) is 13.2 Å². The van der Waals surface area contributed by atoms with Crippen LogP contribution in [0.25, 0.3) is 0 Å². The van der Waals surface area contributed by atoms with Crippen LogP contribution in [0.2, 0.25) is 0 Å². The average molecular weight is 217 g/mol. The van der Waals surface area contributed by atoms with Crippen LogP contribution < -0.4 is 5.32 Å². The summed E-state index contributed by atoms with van der Waals surface area (Å²) in [7, 11) is 1.73. The van der Waals surface area contributed by atoms with Crippen molar-refractivity contribution < 1.29 is 4.74 Å². The maximum Gasteiger partial charge on any atom is 0.0713 e. The van der Waals surface area contributed by atoms with Gasteiger partial charge in [0.1, 0.15) is 0 Å². The van der Waals surface area contributed by atoms with Gasteiger partial charge in [0.25, 0.3) is 0 Å². The first-order chi connectivity index (χ1) is 7.88. The maximum atomic E-state index is 5.13. The Kier molecular flexibility index (Phi) is 4.00. The predicted molar refractivity (Wildman–Crippen MR) is 67.6 cm³/mol. The lowest BCUT2D eigenvalue weighted by molar-refractivity contribution is 0.185. The zero-order chi connectivity index (χ0) is 11.2. The molecule has 2 nitrogen and oxygen atoms in total. The second-order valence-electron chi connectivity index (χ2n) is 4.24. The van der Waals surface area contributed by atoms with Gasteiger partial charge in [0.2, 0.25) is 0 Å². The smallest absolute Gasteiger partial charge is 0.0713 e. The summed E-state index contributed by atoms with van der Waals surface area (Å²) in [6.45, 7) is 0.677. The standard InChI is InChI=1S/C14H19NO/c1-16-11-12-6-5-9-14(10-12)15-13-7-3-2-4-8-13/h3,5-7,9-10,13,15H,2,4,8,11H2,1H3. The molecule has 1 atom stereocenters. The highest BCUT2D eigenvalue weighted by Gasteiger charge is 2.07. The lowest BCUT2D eigenvalue weighted by Gasteiger charge is -2.19. The summed E-state index contributed by atoms with van der Waals surface area (Å²) in [5.74, 6) is 0. The minimum atomic E-state index is 0.492. The number of benzene rings is 1. The van der Waals surface area contributed by atoms with Crippen molar-refractivity contribution in [3.8, 4) is 0 Å². The van der Waals surface area contributed by atoms with Crippen LogP contribution in [0.5, 0.6) is 0 Å². The molecule has 0 aliphatic heterocycles. The molecule has 0 saturated heterocycles. The zero-order valence-corrected chi connectivity index (χ0v) is 9.78. The van der Waals surface area contributed by atoms with Gasteiger partial charge in [-0.3, -0.25) is 0 Å². The van der Waals surface area contributed by atoms with E-state index in [0.29, 0.717) is 12.6 Å². The molecule has 0 fully saturated rings. The number of anilines is 1. The predicted octanol–water partition coefficient (Wildman–Crippen LogP) is 3.35. The van der Waals surface area contributed by atoms with Gasteiger partial charge in [-0.1, -0.05) is 24.3 Å². The van der Waals surface area contributed by atoms with E-state index in [9.17, 15) is 0 Å². The number of rotatable bonds is 4. The second kappa shape index (κ2) is 5.71. The molecule has 2 rings (SSSR count). The molecule has 0 spiro atoms. The number of methoxy groups -OCH3 is 1. The Bertz CT molecular complexity index is 360. The Morgan fingerprint density at radius 2 is 2.38 bits per heavy atom. The summed E-state index contributed by atoms with van der Waals surface area (Å²) in [6.07, 6.45) is 8.27. The fraction of sp³-hybridized carbons (Fsp3) is 0.429. The van der Waals surface area contributed by atoms with Crippen LogP contribution >= 0.6 is 0 Å². The van der Waals surface area contributed by atoms with E-state index in [-0.39, 0.29) is 0 Å². The lowest BCUT2D eigenvalue weighted by Crippen LogP contribution is -2.18. The van der Waals surface area contributed by atoms with E-state index < -0.39 is 0 Å². The molecule has 1 aliphatic rings. The van der Waals surface area contributed by atoms with Crippen LogP contribution in [0.15, 0.2) is 36.4 Å². The first-order valence-corrected chi connectivity index (χ1v) is 5.89. The number of ether oxygens (including phenoxy) is 1.